The van der Waals surface area contributed by atoms with Gasteiger partial charge in [0, 0.05) is 5.25 Å². The predicted octanol–water partition coefficient (Wildman–Crippen LogP) is 3.64. The molecule has 0 radical (unpaired) electrons. The van der Waals surface area contributed by atoms with Gasteiger partial charge in [0.15, 0.2) is 0 Å². The van der Waals surface area contributed by atoms with Gasteiger partial charge in [0.1, 0.15) is 0 Å². The van der Waals surface area contributed by atoms with Crippen molar-refractivity contribution < 1.29 is 0 Å². The number of unbranched alkanes of at least 4 members (excludes halogenated alkanes) is 3. The maximum Gasteiger partial charge on any atom is 0.00146 e. The molecule has 0 rings (SSSR count). The first-order valence-corrected chi connectivity index (χ1v) is 6.71. The molecule has 0 amide bonds. The molecule has 0 saturated heterocycles. The van der Waals surface area contributed by atoms with Crippen LogP contribution < -0.4 is 5.32 Å². The Kier molecular flexibility index (Phi) is 11.6. The molecule has 86 valence electrons. The Morgan fingerprint density at radius 3 is 2.36 bits per heavy atom. The van der Waals surface area contributed by atoms with E-state index in [1.807, 2.05) is 0 Å². The van der Waals surface area contributed by atoms with Crippen molar-refractivity contribution >= 4 is 12.6 Å². The summed E-state index contributed by atoms with van der Waals surface area (Å²) in [4.78, 5) is 0. The predicted molar refractivity (Wildman–Crippen MR) is 69.3 cm³/mol. The number of hydrogen-bond donors (Lipinski definition) is 2. The smallest absolute Gasteiger partial charge is 0.00146 e. The lowest BCUT2D eigenvalue weighted by Gasteiger charge is -2.08. The van der Waals surface area contributed by atoms with Crippen LogP contribution in [-0.2, 0) is 0 Å². The molecule has 0 bridgehead atoms. The van der Waals surface area contributed by atoms with Crippen molar-refractivity contribution in [3.8, 4) is 0 Å². The standard InChI is InChI=1S/C12H27NS/c1-3-5-6-7-10-13-11-8-9-12(14)4-2/h12-14H,3-11H2,1-2H3. The highest BCUT2D eigenvalue weighted by molar-refractivity contribution is 7.80. The molecular formula is C12H27NS. The maximum atomic E-state index is 4.47. The molecule has 1 nitrogen and oxygen atoms in total. The topological polar surface area (TPSA) is 12.0 Å². The Hall–Kier alpha value is 0.310. The summed E-state index contributed by atoms with van der Waals surface area (Å²) in [6, 6.07) is 0. The van der Waals surface area contributed by atoms with Gasteiger partial charge >= 0.3 is 0 Å². The van der Waals surface area contributed by atoms with Gasteiger partial charge in [-0.15, -0.1) is 0 Å². The van der Waals surface area contributed by atoms with Crippen LogP contribution in [0.4, 0.5) is 0 Å². The average molecular weight is 217 g/mol. The van der Waals surface area contributed by atoms with Crippen LogP contribution in [0, 0.1) is 0 Å². The number of hydrogen-bond acceptors (Lipinski definition) is 2. The van der Waals surface area contributed by atoms with Crippen LogP contribution in [-0.4, -0.2) is 18.3 Å². The summed E-state index contributed by atoms with van der Waals surface area (Å²) in [6.45, 7) is 6.83. The number of nitrogens with one attached hydrogen (secondary N) is 1. The molecule has 0 heterocycles. The summed E-state index contributed by atoms with van der Waals surface area (Å²) < 4.78 is 0. The Bertz CT molecular complexity index is 106. The number of rotatable bonds is 10. The zero-order valence-electron chi connectivity index (χ0n) is 9.89. The van der Waals surface area contributed by atoms with Gasteiger partial charge in [-0.3, -0.25) is 0 Å². The van der Waals surface area contributed by atoms with E-state index in [0.717, 1.165) is 0 Å². The van der Waals surface area contributed by atoms with Gasteiger partial charge < -0.3 is 5.32 Å². The summed E-state index contributed by atoms with van der Waals surface area (Å²) in [5, 5.41) is 4.10. The molecule has 0 aliphatic rings. The molecule has 14 heavy (non-hydrogen) atoms. The third kappa shape index (κ3) is 10.4. The molecule has 2 heteroatoms. The Labute approximate surface area is 95.5 Å². The minimum Gasteiger partial charge on any atom is -0.317 e. The van der Waals surface area contributed by atoms with E-state index >= 15 is 0 Å². The molecular weight excluding hydrogens is 190 g/mol. The highest BCUT2D eigenvalue weighted by Gasteiger charge is 1.97. The monoisotopic (exact) mass is 217 g/mol. The summed E-state index contributed by atoms with van der Waals surface area (Å²) >= 11 is 4.47. The summed E-state index contributed by atoms with van der Waals surface area (Å²) in [5.41, 5.74) is 0. The van der Waals surface area contributed by atoms with E-state index in [0.29, 0.717) is 5.25 Å². The van der Waals surface area contributed by atoms with Gasteiger partial charge in [0.25, 0.3) is 0 Å². The second-order valence-electron chi connectivity index (χ2n) is 4.01. The van der Waals surface area contributed by atoms with E-state index < -0.39 is 0 Å². The molecule has 0 aliphatic heterocycles. The van der Waals surface area contributed by atoms with E-state index in [9.17, 15) is 0 Å². The summed E-state index contributed by atoms with van der Waals surface area (Å²) in [5.74, 6) is 0. The lowest BCUT2D eigenvalue weighted by atomic mass is 10.2. The zero-order chi connectivity index (χ0) is 10.6. The first kappa shape index (κ1) is 14.3. The van der Waals surface area contributed by atoms with Gasteiger partial charge in [-0.25, -0.2) is 0 Å². The van der Waals surface area contributed by atoms with E-state index in [2.05, 4.69) is 31.8 Å². The van der Waals surface area contributed by atoms with Crippen LogP contribution in [0.3, 0.4) is 0 Å². The zero-order valence-corrected chi connectivity index (χ0v) is 10.8. The van der Waals surface area contributed by atoms with Crippen molar-refractivity contribution in [3.05, 3.63) is 0 Å². The molecule has 0 aromatic heterocycles. The fourth-order valence-corrected chi connectivity index (χ4v) is 1.65. The third-order valence-electron chi connectivity index (χ3n) is 2.57. The van der Waals surface area contributed by atoms with Crippen molar-refractivity contribution in [3.63, 3.8) is 0 Å². The fourth-order valence-electron chi connectivity index (χ4n) is 1.47. The van der Waals surface area contributed by atoms with Crippen LogP contribution >= 0.6 is 12.6 Å². The first-order valence-electron chi connectivity index (χ1n) is 6.20. The van der Waals surface area contributed by atoms with Crippen molar-refractivity contribution in [2.75, 3.05) is 13.1 Å². The van der Waals surface area contributed by atoms with Gasteiger partial charge in [-0.2, -0.15) is 12.6 Å². The van der Waals surface area contributed by atoms with E-state index in [1.165, 1.54) is 58.0 Å². The van der Waals surface area contributed by atoms with Crippen molar-refractivity contribution in [1.29, 1.82) is 0 Å². The van der Waals surface area contributed by atoms with Crippen LogP contribution in [0.5, 0.6) is 0 Å². The summed E-state index contributed by atoms with van der Waals surface area (Å²) in [6.07, 6.45) is 9.16. The third-order valence-corrected chi connectivity index (χ3v) is 3.19. The highest BCUT2D eigenvalue weighted by atomic mass is 32.1. The fraction of sp³-hybridized carbons (Fsp3) is 1.00. The Morgan fingerprint density at radius 1 is 1.00 bits per heavy atom. The summed E-state index contributed by atoms with van der Waals surface area (Å²) in [7, 11) is 0. The quantitative estimate of drug-likeness (QED) is 0.420. The normalized spacial score (nSPS) is 13.1. The molecule has 1 atom stereocenters. The SMILES string of the molecule is CCCCCCNCCCC(S)CC. The lowest BCUT2D eigenvalue weighted by Crippen LogP contribution is -2.17. The molecule has 0 aliphatic carbocycles. The van der Waals surface area contributed by atoms with Crippen molar-refractivity contribution in [2.24, 2.45) is 0 Å². The molecule has 0 spiro atoms. The molecule has 0 saturated carbocycles. The Morgan fingerprint density at radius 2 is 1.71 bits per heavy atom. The van der Waals surface area contributed by atoms with Crippen LogP contribution in [0.1, 0.15) is 58.8 Å². The molecule has 0 aromatic carbocycles. The molecule has 0 fully saturated rings. The van der Waals surface area contributed by atoms with Crippen LogP contribution in [0.2, 0.25) is 0 Å². The molecule has 1 N–H and O–H groups in total. The lowest BCUT2D eigenvalue weighted by molar-refractivity contribution is 0.569. The van der Waals surface area contributed by atoms with Gasteiger partial charge in [0.05, 0.1) is 0 Å². The van der Waals surface area contributed by atoms with Crippen LogP contribution in [0.15, 0.2) is 0 Å². The average Bonchev–Trinajstić information content (AvgIpc) is 2.21. The van der Waals surface area contributed by atoms with E-state index in [1.54, 1.807) is 0 Å². The van der Waals surface area contributed by atoms with Crippen LogP contribution in [0.25, 0.3) is 0 Å². The van der Waals surface area contributed by atoms with E-state index in [4.69, 9.17) is 0 Å². The minimum absolute atomic E-state index is 0.608. The van der Waals surface area contributed by atoms with E-state index in [-0.39, 0.29) is 0 Å². The van der Waals surface area contributed by atoms with Gasteiger partial charge in [-0.05, 0) is 38.8 Å². The second kappa shape index (κ2) is 11.4. The molecule has 0 aromatic rings. The second-order valence-corrected chi connectivity index (χ2v) is 4.75. The molecule has 1 unspecified atom stereocenters. The van der Waals surface area contributed by atoms with Gasteiger partial charge in [-0.1, -0.05) is 33.1 Å². The van der Waals surface area contributed by atoms with Gasteiger partial charge in [0.2, 0.25) is 0 Å². The largest absolute Gasteiger partial charge is 0.317 e. The number of thiol groups is 1. The minimum atomic E-state index is 0.608. The van der Waals surface area contributed by atoms with Crippen molar-refractivity contribution in [2.45, 2.75) is 64.0 Å². The van der Waals surface area contributed by atoms with Crippen molar-refractivity contribution in [1.82, 2.24) is 5.32 Å². The maximum absolute atomic E-state index is 4.47. The Balaban J connectivity index is 2.92. The highest BCUT2D eigenvalue weighted by Crippen LogP contribution is 2.07. The first-order chi connectivity index (χ1) is 6.81.